The Morgan fingerprint density at radius 1 is 0.265 bits per heavy atom. The van der Waals surface area contributed by atoms with E-state index in [2.05, 4.69) is 170 Å². The zero-order chi connectivity index (χ0) is 32.1. The lowest BCUT2D eigenvalue weighted by Crippen LogP contribution is -1.99. The Kier molecular flexibility index (Phi) is 5.45. The van der Waals surface area contributed by atoms with Gasteiger partial charge in [-0.25, -0.2) is 0 Å². The smallest absolute Gasteiger partial charge is 0.136 e. The fraction of sp³-hybridized carbons (Fsp3) is 0. The summed E-state index contributed by atoms with van der Waals surface area (Å²) in [5, 5.41) is 14.9. The molecule has 0 fully saturated rings. The molecule has 1 heterocycles. The van der Waals surface area contributed by atoms with Crippen molar-refractivity contribution in [3.8, 4) is 44.9 Å². The van der Waals surface area contributed by atoms with Crippen LogP contribution in [0.4, 0.5) is 0 Å². The van der Waals surface area contributed by atoms with Crippen molar-refractivity contribution in [3.63, 3.8) is 0 Å². The molecule has 1 heteroatoms. The molecule has 0 radical (unpaired) electrons. The molecule has 226 valence electrons. The van der Waals surface area contributed by atoms with E-state index in [9.17, 15) is 0 Å². The Hall–Kier alpha value is -6.44. The number of rotatable bonds is 2. The maximum Gasteiger partial charge on any atom is 0.136 e. The monoisotopic (exact) mass is 620 g/mol. The topological polar surface area (TPSA) is 9.23 Å². The van der Waals surface area contributed by atoms with Gasteiger partial charge in [0, 0.05) is 10.9 Å². The van der Waals surface area contributed by atoms with Crippen molar-refractivity contribution in [2.75, 3.05) is 0 Å². The summed E-state index contributed by atoms with van der Waals surface area (Å²) in [5.74, 6) is 1.82. The van der Waals surface area contributed by atoms with E-state index in [0.29, 0.717) is 0 Å². The average Bonchev–Trinajstić information content (AvgIpc) is 3.17. The summed E-state index contributed by atoms with van der Waals surface area (Å²) in [6.07, 6.45) is 0. The molecule has 49 heavy (non-hydrogen) atoms. The first-order valence-electron chi connectivity index (χ1n) is 16.9. The van der Waals surface area contributed by atoms with Crippen LogP contribution >= 0.6 is 0 Å². The molecule has 1 nitrogen and oxygen atoms in total. The second kappa shape index (κ2) is 10.0. The van der Waals surface area contributed by atoms with E-state index in [1.807, 2.05) is 0 Å². The molecule has 0 unspecified atom stereocenters. The van der Waals surface area contributed by atoms with Crippen molar-refractivity contribution < 1.29 is 4.74 Å². The van der Waals surface area contributed by atoms with Gasteiger partial charge in [-0.3, -0.25) is 0 Å². The Morgan fingerprint density at radius 3 is 1.43 bits per heavy atom. The van der Waals surface area contributed by atoms with Crippen molar-refractivity contribution >= 4 is 64.6 Å². The third kappa shape index (κ3) is 3.76. The molecule has 0 amide bonds. The summed E-state index contributed by atoms with van der Waals surface area (Å²) in [4.78, 5) is 0. The molecule has 0 N–H and O–H groups in total. The van der Waals surface area contributed by atoms with Gasteiger partial charge in [0.15, 0.2) is 0 Å². The Labute approximate surface area is 283 Å². The molecule has 0 atom stereocenters. The molecule has 0 aliphatic carbocycles. The van der Waals surface area contributed by atoms with Crippen LogP contribution < -0.4 is 4.74 Å². The highest BCUT2D eigenvalue weighted by molar-refractivity contribution is 6.26. The maximum atomic E-state index is 6.79. The lowest BCUT2D eigenvalue weighted by molar-refractivity contribution is 0.488. The van der Waals surface area contributed by atoms with Gasteiger partial charge in [0.1, 0.15) is 11.5 Å². The van der Waals surface area contributed by atoms with Crippen LogP contribution in [0.1, 0.15) is 0 Å². The number of ether oxygens (including phenoxy) is 1. The SMILES string of the molecule is c1ccc2c(-c3cc4c5ccccc5c(-c5cc6c(c7ccccc57)-c5cccc7cccc(c57)O6)cc4c4ccccc34)cccc2c1. The number of fused-ring (bicyclic) bond motifs is 10. The molecule has 0 spiro atoms. The van der Waals surface area contributed by atoms with Gasteiger partial charge in [0.2, 0.25) is 0 Å². The third-order valence-corrected chi connectivity index (χ3v) is 10.6. The van der Waals surface area contributed by atoms with Crippen LogP contribution in [0, 0.1) is 0 Å². The van der Waals surface area contributed by atoms with Gasteiger partial charge in [0.05, 0.1) is 0 Å². The molecule has 1 aliphatic heterocycles. The molecular weight excluding hydrogens is 593 g/mol. The minimum absolute atomic E-state index is 0.903. The Balaban J connectivity index is 1.25. The first-order chi connectivity index (χ1) is 24.3. The van der Waals surface area contributed by atoms with Gasteiger partial charge >= 0.3 is 0 Å². The van der Waals surface area contributed by atoms with Crippen molar-refractivity contribution in [3.05, 3.63) is 170 Å². The van der Waals surface area contributed by atoms with Crippen molar-refractivity contribution in [1.82, 2.24) is 0 Å². The highest BCUT2D eigenvalue weighted by Gasteiger charge is 2.25. The minimum Gasteiger partial charge on any atom is -0.456 e. The Bertz CT molecular complexity index is 3010. The fourth-order valence-corrected chi connectivity index (χ4v) is 8.51. The quantitative estimate of drug-likeness (QED) is 0.175. The summed E-state index contributed by atoms with van der Waals surface area (Å²) < 4.78 is 6.79. The summed E-state index contributed by atoms with van der Waals surface area (Å²) in [5.41, 5.74) is 7.31. The second-order valence-electron chi connectivity index (χ2n) is 13.2. The molecule has 0 saturated heterocycles. The van der Waals surface area contributed by atoms with Crippen LogP contribution in [0.3, 0.4) is 0 Å². The first kappa shape index (κ1) is 26.6. The van der Waals surface area contributed by atoms with Gasteiger partial charge < -0.3 is 4.74 Å². The average molecular weight is 621 g/mol. The summed E-state index contributed by atoms with van der Waals surface area (Å²) in [6, 6.07) is 62.1. The van der Waals surface area contributed by atoms with Crippen molar-refractivity contribution in [1.29, 1.82) is 0 Å². The normalized spacial score (nSPS) is 12.2. The van der Waals surface area contributed by atoms with E-state index in [1.165, 1.54) is 98.0 Å². The van der Waals surface area contributed by atoms with Crippen LogP contribution in [0.5, 0.6) is 11.5 Å². The lowest BCUT2D eigenvalue weighted by Gasteiger charge is -2.25. The fourth-order valence-electron chi connectivity index (χ4n) is 8.51. The van der Waals surface area contributed by atoms with E-state index >= 15 is 0 Å². The lowest BCUT2D eigenvalue weighted by atomic mass is 9.84. The second-order valence-corrected chi connectivity index (χ2v) is 13.2. The predicted octanol–water partition coefficient (Wildman–Crippen LogP) is 13.7. The molecule has 11 rings (SSSR count). The van der Waals surface area contributed by atoms with Crippen LogP contribution in [0.15, 0.2) is 170 Å². The van der Waals surface area contributed by atoms with Crippen LogP contribution in [-0.2, 0) is 0 Å². The number of hydrogen-bond donors (Lipinski definition) is 0. The molecule has 1 aliphatic rings. The number of hydrogen-bond acceptors (Lipinski definition) is 1. The molecular formula is C48H28O. The van der Waals surface area contributed by atoms with E-state index in [0.717, 1.165) is 11.5 Å². The largest absolute Gasteiger partial charge is 0.456 e. The van der Waals surface area contributed by atoms with Crippen LogP contribution in [0.25, 0.3) is 98.0 Å². The van der Waals surface area contributed by atoms with E-state index in [1.54, 1.807) is 0 Å². The summed E-state index contributed by atoms with van der Waals surface area (Å²) in [6.45, 7) is 0. The van der Waals surface area contributed by atoms with Crippen molar-refractivity contribution in [2.24, 2.45) is 0 Å². The van der Waals surface area contributed by atoms with E-state index in [-0.39, 0.29) is 0 Å². The van der Waals surface area contributed by atoms with Gasteiger partial charge in [-0.05, 0) is 111 Å². The van der Waals surface area contributed by atoms with Gasteiger partial charge in [-0.2, -0.15) is 0 Å². The molecule has 0 saturated carbocycles. The molecule has 10 aromatic carbocycles. The van der Waals surface area contributed by atoms with Gasteiger partial charge in [-0.1, -0.05) is 146 Å². The zero-order valence-corrected chi connectivity index (χ0v) is 26.6. The predicted molar refractivity (Wildman–Crippen MR) is 208 cm³/mol. The molecule has 10 aromatic rings. The minimum atomic E-state index is 0.903. The van der Waals surface area contributed by atoms with E-state index < -0.39 is 0 Å². The molecule has 0 bridgehead atoms. The van der Waals surface area contributed by atoms with Crippen molar-refractivity contribution in [2.45, 2.75) is 0 Å². The highest BCUT2D eigenvalue weighted by Crippen LogP contribution is 2.52. The highest BCUT2D eigenvalue weighted by atomic mass is 16.5. The van der Waals surface area contributed by atoms with Crippen LogP contribution in [-0.4, -0.2) is 0 Å². The van der Waals surface area contributed by atoms with Crippen LogP contribution in [0.2, 0.25) is 0 Å². The van der Waals surface area contributed by atoms with Gasteiger partial charge in [0.25, 0.3) is 0 Å². The maximum absolute atomic E-state index is 6.79. The number of benzene rings is 10. The molecule has 0 aromatic heterocycles. The zero-order valence-electron chi connectivity index (χ0n) is 26.6. The first-order valence-corrected chi connectivity index (χ1v) is 16.9. The Morgan fingerprint density at radius 2 is 0.735 bits per heavy atom. The third-order valence-electron chi connectivity index (χ3n) is 10.6. The summed E-state index contributed by atoms with van der Waals surface area (Å²) in [7, 11) is 0. The summed E-state index contributed by atoms with van der Waals surface area (Å²) >= 11 is 0. The standard InChI is InChI=1S/C48H28O/c1-2-16-31-29(12-1)13-9-23-32(31)40-26-41-35-19-5-6-20-36(35)43(27-42(41)34-18-4-3-17-33(34)40)44-28-46-48(38-22-8-7-21-37(38)44)39-24-10-14-30-15-11-25-45(49-46)47(30)39/h1-28H. The van der Waals surface area contributed by atoms with E-state index in [4.69, 9.17) is 4.74 Å². The van der Waals surface area contributed by atoms with Gasteiger partial charge in [-0.15, -0.1) is 0 Å².